The Morgan fingerprint density at radius 1 is 1.35 bits per heavy atom. The fourth-order valence-electron chi connectivity index (χ4n) is 1.15. The molecule has 0 aliphatic heterocycles. The predicted octanol–water partition coefficient (Wildman–Crippen LogP) is 0.112. The van der Waals surface area contributed by atoms with Crippen LogP contribution in [0.3, 0.4) is 0 Å². The molecule has 0 saturated carbocycles. The second-order valence-corrected chi connectivity index (χ2v) is 3.16. The summed E-state index contributed by atoms with van der Waals surface area (Å²) in [7, 11) is 1.54. The summed E-state index contributed by atoms with van der Waals surface area (Å²) >= 11 is 0. The number of rotatable bonds is 8. The Hall–Kier alpha value is -1.79. The molecule has 1 amide bonds. The molecule has 17 heavy (non-hydrogen) atoms. The van der Waals surface area contributed by atoms with Gasteiger partial charge in [-0.3, -0.25) is 9.63 Å². The minimum Gasteiger partial charge on any atom is -0.493 e. The summed E-state index contributed by atoms with van der Waals surface area (Å²) in [6.45, 7) is -0.00516. The molecule has 1 rings (SSSR count). The second kappa shape index (κ2) is 7.48. The van der Waals surface area contributed by atoms with E-state index in [1.165, 1.54) is 7.11 Å². The molecule has 0 aliphatic rings. The maximum Gasteiger partial charge on any atom is 0.230 e. The third kappa shape index (κ3) is 4.71. The molecule has 0 fully saturated rings. The zero-order valence-corrected chi connectivity index (χ0v) is 9.46. The number of benzene rings is 1. The lowest BCUT2D eigenvalue weighted by Gasteiger charge is -2.13. The Morgan fingerprint density at radius 3 is 2.71 bits per heavy atom. The predicted molar refractivity (Wildman–Crippen MR) is 59.6 cm³/mol. The van der Waals surface area contributed by atoms with Gasteiger partial charge in [0.15, 0.2) is 11.5 Å². The first-order chi connectivity index (χ1) is 8.27. The first-order valence-corrected chi connectivity index (χ1v) is 5.02. The van der Waals surface area contributed by atoms with Gasteiger partial charge in [-0.1, -0.05) is 12.1 Å². The summed E-state index contributed by atoms with van der Waals surface area (Å²) in [6, 6.07) is 7.11. The molecule has 1 unspecified atom stereocenters. The summed E-state index contributed by atoms with van der Waals surface area (Å²) in [5.41, 5.74) is 1.98. The number of amides is 1. The Bertz CT molecular complexity index is 344. The molecular formula is C11H15NO5. The molecule has 94 valence electrons. The first kappa shape index (κ1) is 13.3. The van der Waals surface area contributed by atoms with Crippen LogP contribution in [0.25, 0.3) is 0 Å². The molecular weight excluding hydrogens is 226 g/mol. The summed E-state index contributed by atoms with van der Waals surface area (Å²) in [6.07, 6.45) is -0.458. The SMILES string of the molecule is COc1ccccc1OCC(O)CONC=O. The number of carbonyl (C=O) groups excluding carboxylic acids is 1. The van der Waals surface area contributed by atoms with Gasteiger partial charge in [-0.25, -0.2) is 5.48 Å². The van der Waals surface area contributed by atoms with Gasteiger partial charge >= 0.3 is 0 Å². The zero-order chi connectivity index (χ0) is 12.5. The summed E-state index contributed by atoms with van der Waals surface area (Å²) < 4.78 is 10.4. The summed E-state index contributed by atoms with van der Waals surface area (Å²) in [5.74, 6) is 1.13. The molecule has 2 N–H and O–H groups in total. The topological polar surface area (TPSA) is 77.0 Å². The van der Waals surface area contributed by atoms with Gasteiger partial charge in [-0.2, -0.15) is 0 Å². The number of carbonyl (C=O) groups is 1. The van der Waals surface area contributed by atoms with E-state index in [0.717, 1.165) is 0 Å². The highest BCUT2D eigenvalue weighted by atomic mass is 16.7. The fourth-order valence-corrected chi connectivity index (χ4v) is 1.15. The number of aliphatic hydroxyl groups is 1. The van der Waals surface area contributed by atoms with Crippen molar-refractivity contribution < 1.29 is 24.2 Å². The largest absolute Gasteiger partial charge is 0.493 e. The van der Waals surface area contributed by atoms with E-state index >= 15 is 0 Å². The van der Waals surface area contributed by atoms with Crippen LogP contribution in [0.2, 0.25) is 0 Å². The Kier molecular flexibility index (Phi) is 5.84. The summed E-state index contributed by atoms with van der Waals surface area (Å²) in [5, 5.41) is 9.45. The lowest BCUT2D eigenvalue weighted by Crippen LogP contribution is -2.27. The molecule has 0 heterocycles. The molecule has 1 aromatic rings. The van der Waals surface area contributed by atoms with E-state index in [4.69, 9.17) is 9.47 Å². The van der Waals surface area contributed by atoms with Gasteiger partial charge < -0.3 is 14.6 Å². The first-order valence-electron chi connectivity index (χ1n) is 5.02. The van der Waals surface area contributed by atoms with Crippen LogP contribution in [0, 0.1) is 0 Å². The lowest BCUT2D eigenvalue weighted by molar-refractivity contribution is -0.123. The van der Waals surface area contributed by atoms with E-state index in [-0.39, 0.29) is 13.2 Å². The summed E-state index contributed by atoms with van der Waals surface area (Å²) in [4.78, 5) is 14.5. The van der Waals surface area contributed by atoms with Crippen LogP contribution in [-0.4, -0.2) is 37.9 Å². The molecule has 0 aliphatic carbocycles. The van der Waals surface area contributed by atoms with Crippen LogP contribution in [0.5, 0.6) is 11.5 Å². The van der Waals surface area contributed by atoms with Crippen molar-refractivity contribution >= 4 is 6.41 Å². The van der Waals surface area contributed by atoms with E-state index < -0.39 is 6.10 Å². The van der Waals surface area contributed by atoms with E-state index in [0.29, 0.717) is 17.9 Å². The van der Waals surface area contributed by atoms with Crippen LogP contribution in [0.15, 0.2) is 24.3 Å². The third-order valence-electron chi connectivity index (χ3n) is 1.91. The number of hydroxylamine groups is 1. The number of hydrogen-bond acceptors (Lipinski definition) is 5. The number of hydrogen-bond donors (Lipinski definition) is 2. The highest BCUT2D eigenvalue weighted by Crippen LogP contribution is 2.25. The molecule has 0 aromatic heterocycles. The average Bonchev–Trinajstić information content (AvgIpc) is 2.37. The van der Waals surface area contributed by atoms with Crippen LogP contribution < -0.4 is 15.0 Å². The van der Waals surface area contributed by atoms with Crippen molar-refractivity contribution in [2.75, 3.05) is 20.3 Å². The van der Waals surface area contributed by atoms with Gasteiger partial charge in [0.25, 0.3) is 0 Å². The van der Waals surface area contributed by atoms with Crippen LogP contribution >= 0.6 is 0 Å². The normalized spacial score (nSPS) is 11.6. The molecule has 0 saturated heterocycles. The maximum absolute atomic E-state index is 9.88. The van der Waals surface area contributed by atoms with Gasteiger partial charge in [0, 0.05) is 0 Å². The van der Waals surface area contributed by atoms with Gasteiger partial charge in [0.1, 0.15) is 19.3 Å². The maximum atomic E-state index is 9.88. The Labute approximate surface area is 99.1 Å². The molecule has 0 radical (unpaired) electrons. The van der Waals surface area contributed by atoms with Crippen molar-refractivity contribution in [2.45, 2.75) is 6.10 Å². The van der Waals surface area contributed by atoms with Gasteiger partial charge in [0.05, 0.1) is 7.11 Å². The number of methoxy groups -OCH3 is 1. The van der Waals surface area contributed by atoms with Crippen molar-refractivity contribution in [3.05, 3.63) is 24.3 Å². The fraction of sp³-hybridized carbons (Fsp3) is 0.364. The monoisotopic (exact) mass is 241 g/mol. The third-order valence-corrected chi connectivity index (χ3v) is 1.91. The Morgan fingerprint density at radius 2 is 2.06 bits per heavy atom. The minimum atomic E-state index is -0.840. The molecule has 1 atom stereocenters. The van der Waals surface area contributed by atoms with E-state index in [2.05, 4.69) is 4.84 Å². The molecule has 0 bridgehead atoms. The van der Waals surface area contributed by atoms with Crippen molar-refractivity contribution in [3.63, 3.8) is 0 Å². The number of aliphatic hydroxyl groups excluding tert-OH is 1. The highest BCUT2D eigenvalue weighted by molar-refractivity contribution is 5.43. The molecule has 6 nitrogen and oxygen atoms in total. The van der Waals surface area contributed by atoms with Gasteiger partial charge in [-0.05, 0) is 12.1 Å². The quantitative estimate of drug-likeness (QED) is 0.384. The number of para-hydroxylation sites is 2. The Balaban J connectivity index is 2.36. The average molecular weight is 241 g/mol. The molecule has 1 aromatic carbocycles. The van der Waals surface area contributed by atoms with Crippen molar-refractivity contribution in [3.8, 4) is 11.5 Å². The smallest absolute Gasteiger partial charge is 0.230 e. The molecule has 0 spiro atoms. The van der Waals surface area contributed by atoms with Crippen molar-refractivity contribution in [1.29, 1.82) is 0 Å². The number of ether oxygens (including phenoxy) is 2. The minimum absolute atomic E-state index is 0.0426. The second-order valence-electron chi connectivity index (χ2n) is 3.16. The van der Waals surface area contributed by atoms with Crippen LogP contribution in [-0.2, 0) is 9.63 Å². The van der Waals surface area contributed by atoms with Crippen molar-refractivity contribution in [2.24, 2.45) is 0 Å². The van der Waals surface area contributed by atoms with Crippen LogP contribution in [0.1, 0.15) is 0 Å². The zero-order valence-electron chi connectivity index (χ0n) is 9.46. The highest BCUT2D eigenvalue weighted by Gasteiger charge is 2.08. The van der Waals surface area contributed by atoms with Gasteiger partial charge in [-0.15, -0.1) is 0 Å². The van der Waals surface area contributed by atoms with E-state index in [1.54, 1.807) is 18.2 Å². The van der Waals surface area contributed by atoms with Crippen molar-refractivity contribution in [1.82, 2.24) is 5.48 Å². The lowest BCUT2D eigenvalue weighted by atomic mass is 10.3. The van der Waals surface area contributed by atoms with E-state index in [1.807, 2.05) is 11.5 Å². The van der Waals surface area contributed by atoms with Gasteiger partial charge in [0.2, 0.25) is 6.41 Å². The number of nitrogens with one attached hydrogen (secondary N) is 1. The standard InChI is InChI=1S/C11H15NO5/c1-15-10-4-2-3-5-11(10)16-6-9(14)7-17-12-8-13/h2-5,8-9,14H,6-7H2,1H3,(H,12,13). The van der Waals surface area contributed by atoms with E-state index in [9.17, 15) is 9.90 Å². The molecule has 6 heteroatoms. The van der Waals surface area contributed by atoms with Crippen LogP contribution in [0.4, 0.5) is 0 Å².